The van der Waals surface area contributed by atoms with E-state index in [4.69, 9.17) is 18.1 Å². The summed E-state index contributed by atoms with van der Waals surface area (Å²) < 4.78 is 58.9. The van der Waals surface area contributed by atoms with Crippen molar-refractivity contribution in [3.05, 3.63) is 54.6 Å². The summed E-state index contributed by atoms with van der Waals surface area (Å²) in [4.78, 5) is 2.45. The molecule has 2 aromatic carbocycles. The number of phenols is 1. The van der Waals surface area contributed by atoms with Crippen LogP contribution in [0, 0.1) is 0 Å². The molecule has 0 atom stereocenters. The summed E-state index contributed by atoms with van der Waals surface area (Å²) in [6.45, 7) is 0. The Morgan fingerprint density at radius 2 is 1.32 bits per heavy atom. The molecule has 120 valence electrons. The van der Waals surface area contributed by atoms with Crippen LogP contribution in [0.5, 0.6) is 5.75 Å². The first-order valence-electron chi connectivity index (χ1n) is 5.67. The third kappa shape index (κ3) is 6.37. The molecule has 0 heterocycles. The predicted octanol–water partition coefficient (Wildman–Crippen LogP) is 2.68. The van der Waals surface area contributed by atoms with Crippen LogP contribution in [0.2, 0.25) is 0 Å². The number of halogens is 3. The number of benzene rings is 2. The van der Waals surface area contributed by atoms with Gasteiger partial charge in [-0.3, -0.25) is 0 Å². The molecule has 0 aliphatic rings. The monoisotopic (exact) mass is 352 g/mol. The van der Waals surface area contributed by atoms with E-state index in [1.165, 1.54) is 21.6 Å². The zero-order valence-electron chi connectivity index (χ0n) is 10.9. The maximum absolute atomic E-state index is 10.7. The number of hydrogen-bond donors (Lipinski definition) is 1. The van der Waals surface area contributed by atoms with E-state index in [1.807, 2.05) is 30.3 Å². The molecular formula is C13H11F3O4S2. The molecule has 0 aromatic heterocycles. The van der Waals surface area contributed by atoms with Crippen molar-refractivity contribution in [3.8, 4) is 5.75 Å². The van der Waals surface area contributed by atoms with Gasteiger partial charge in [0.1, 0.15) is 5.75 Å². The Morgan fingerprint density at radius 3 is 1.73 bits per heavy atom. The average molecular weight is 352 g/mol. The van der Waals surface area contributed by atoms with Gasteiger partial charge in [0.25, 0.3) is 0 Å². The van der Waals surface area contributed by atoms with Gasteiger partial charge in [-0.15, -0.1) is 0 Å². The van der Waals surface area contributed by atoms with Crippen molar-refractivity contribution in [2.45, 2.75) is 15.3 Å². The van der Waals surface area contributed by atoms with E-state index in [-0.39, 0.29) is 0 Å². The Morgan fingerprint density at radius 1 is 0.909 bits per heavy atom. The van der Waals surface area contributed by atoms with Gasteiger partial charge in [0.15, 0.2) is 19.9 Å². The zero-order chi connectivity index (χ0) is 16.8. The fraction of sp³-hybridized carbons (Fsp3) is 0.0769. The molecule has 2 rings (SSSR count). The van der Waals surface area contributed by atoms with Crippen molar-refractivity contribution in [1.29, 1.82) is 0 Å². The highest BCUT2D eigenvalue weighted by atomic mass is 32.2. The van der Waals surface area contributed by atoms with Gasteiger partial charge < -0.3 is 9.66 Å². The van der Waals surface area contributed by atoms with Crippen molar-refractivity contribution in [3.63, 3.8) is 0 Å². The van der Waals surface area contributed by atoms with Crippen LogP contribution in [0.1, 0.15) is 0 Å². The number of hydrogen-bond acceptors (Lipinski definition) is 4. The highest BCUT2D eigenvalue weighted by Crippen LogP contribution is 2.20. The van der Waals surface area contributed by atoms with Crippen molar-refractivity contribution in [2.24, 2.45) is 0 Å². The van der Waals surface area contributed by atoms with Gasteiger partial charge >= 0.3 is 5.51 Å². The normalized spacial score (nSPS) is 11.5. The summed E-state index contributed by atoms with van der Waals surface area (Å²) in [6, 6.07) is 17.6. The smallest absolute Gasteiger partial charge is 0.485 e. The Hall–Kier alpha value is -1.71. The zero-order valence-corrected chi connectivity index (χ0v) is 12.6. The van der Waals surface area contributed by atoms with Gasteiger partial charge in [0.2, 0.25) is 0 Å². The van der Waals surface area contributed by atoms with Crippen molar-refractivity contribution in [1.82, 2.24) is 0 Å². The fourth-order valence-corrected chi connectivity index (χ4v) is 2.10. The first-order valence-corrected chi connectivity index (χ1v) is 7.98. The maximum Gasteiger partial charge on any atom is 0.485 e. The molecule has 0 aliphatic heterocycles. The standard InChI is InChI=1S/C12H10OS.CHF3O3S/c13-10-6-8-12(9-7-10)14-11-4-2-1-3-5-11;2-1(3,4)8(5,6)7/h1-9,13H;(H,5,6,7). The molecule has 0 fully saturated rings. The van der Waals surface area contributed by atoms with Crippen LogP contribution in [0.25, 0.3) is 0 Å². The molecule has 0 unspecified atom stereocenters. The minimum Gasteiger partial charge on any atom is -0.741 e. The molecule has 2 aromatic rings. The lowest BCUT2D eigenvalue weighted by Gasteiger charge is -2.08. The Balaban J connectivity index is 0.000000261. The quantitative estimate of drug-likeness (QED) is 0.390. The number of phenolic OH excluding ortho intramolecular Hbond substituents is 1. The number of rotatable bonds is 2. The van der Waals surface area contributed by atoms with Gasteiger partial charge in [-0.2, -0.15) is 13.2 Å². The largest absolute Gasteiger partial charge is 0.741 e. The molecule has 0 saturated heterocycles. The summed E-state index contributed by atoms with van der Waals surface area (Å²) in [5.74, 6) is 0.317. The molecule has 4 nitrogen and oxygen atoms in total. The molecule has 22 heavy (non-hydrogen) atoms. The highest BCUT2D eigenvalue weighted by molar-refractivity contribution is 7.86. The van der Waals surface area contributed by atoms with Gasteiger partial charge in [-0.1, -0.05) is 18.2 Å². The third-order valence-corrected chi connectivity index (χ3v) is 3.83. The Kier molecular flexibility index (Phi) is 6.27. The van der Waals surface area contributed by atoms with E-state index in [0.717, 1.165) is 0 Å². The average Bonchev–Trinajstić information content (AvgIpc) is 2.41. The number of aromatic hydroxyl groups is 1. The third-order valence-electron chi connectivity index (χ3n) is 2.15. The lowest BCUT2D eigenvalue weighted by atomic mass is 10.3. The maximum atomic E-state index is 10.7. The second kappa shape index (κ2) is 7.52. The molecule has 0 spiro atoms. The number of thiol groups is 1. The topological polar surface area (TPSA) is 77.4 Å². The first kappa shape index (κ1) is 18.3. The summed E-state index contributed by atoms with van der Waals surface area (Å²) in [7, 11) is -6.09. The summed E-state index contributed by atoms with van der Waals surface area (Å²) in [6.07, 6.45) is 0. The molecule has 0 radical (unpaired) electrons. The van der Waals surface area contributed by atoms with Crippen molar-refractivity contribution < 1.29 is 31.2 Å². The molecule has 0 amide bonds. The van der Waals surface area contributed by atoms with Gasteiger partial charge in [0.05, 0.1) is 0 Å². The molecular weight excluding hydrogens is 341 g/mol. The molecule has 0 aliphatic carbocycles. The SMILES string of the molecule is O=S(=O)([O-])C(F)(F)F.Oc1ccc([SH+]c2ccccc2)cc1. The predicted molar refractivity (Wildman–Crippen MR) is 75.6 cm³/mol. The van der Waals surface area contributed by atoms with E-state index in [9.17, 15) is 13.2 Å². The minimum absolute atomic E-state index is 0.317. The molecule has 0 bridgehead atoms. The first-order chi connectivity index (χ1) is 10.1. The second-order valence-electron chi connectivity index (χ2n) is 3.86. The van der Waals surface area contributed by atoms with Crippen molar-refractivity contribution >= 4 is 21.9 Å². The highest BCUT2D eigenvalue weighted by Gasteiger charge is 2.36. The number of alkyl halides is 3. The Labute approximate surface area is 129 Å². The summed E-state index contributed by atoms with van der Waals surface area (Å²) in [5, 5.41) is 9.12. The summed E-state index contributed by atoms with van der Waals surface area (Å²) >= 11 is 1.17. The second-order valence-corrected chi connectivity index (χ2v) is 6.49. The lowest BCUT2D eigenvalue weighted by Crippen LogP contribution is -2.21. The van der Waals surface area contributed by atoms with Crippen LogP contribution in [-0.2, 0) is 21.9 Å². The van der Waals surface area contributed by atoms with E-state index in [0.29, 0.717) is 5.75 Å². The van der Waals surface area contributed by atoms with Gasteiger partial charge in [0, 0.05) is 11.8 Å². The molecule has 9 heteroatoms. The van der Waals surface area contributed by atoms with Crippen LogP contribution in [0.15, 0.2) is 64.4 Å². The van der Waals surface area contributed by atoms with Crippen LogP contribution in [-0.4, -0.2) is 23.6 Å². The van der Waals surface area contributed by atoms with E-state index < -0.39 is 15.6 Å². The van der Waals surface area contributed by atoms with E-state index >= 15 is 0 Å². The van der Waals surface area contributed by atoms with Crippen LogP contribution in [0.4, 0.5) is 13.2 Å². The van der Waals surface area contributed by atoms with Crippen molar-refractivity contribution in [2.75, 3.05) is 0 Å². The summed E-state index contributed by atoms with van der Waals surface area (Å²) in [5.41, 5.74) is -5.65. The van der Waals surface area contributed by atoms with E-state index in [2.05, 4.69) is 12.1 Å². The Bertz CT molecular complexity index is 683. The van der Waals surface area contributed by atoms with Gasteiger partial charge in [-0.05, 0) is 36.4 Å². The lowest BCUT2D eigenvalue weighted by molar-refractivity contribution is -0.0517. The minimum atomic E-state index is -6.09. The molecule has 0 saturated carbocycles. The molecule has 1 N–H and O–H groups in total. The van der Waals surface area contributed by atoms with E-state index in [1.54, 1.807) is 12.1 Å². The van der Waals surface area contributed by atoms with Crippen LogP contribution >= 0.6 is 0 Å². The fourth-order valence-electron chi connectivity index (χ4n) is 1.18. The van der Waals surface area contributed by atoms with Gasteiger partial charge in [-0.25, -0.2) is 8.42 Å². The van der Waals surface area contributed by atoms with Crippen LogP contribution < -0.4 is 0 Å². The van der Waals surface area contributed by atoms with Crippen LogP contribution in [0.3, 0.4) is 0 Å².